The third-order valence-corrected chi connectivity index (χ3v) is 4.44. The van der Waals surface area contributed by atoms with Gasteiger partial charge in [0, 0.05) is 33.1 Å². The largest absolute Gasteiger partial charge is 0.494 e. The van der Waals surface area contributed by atoms with E-state index < -0.39 is 6.10 Å². The molecule has 0 spiro atoms. The number of carbonyl (C=O) groups is 1. The van der Waals surface area contributed by atoms with Crippen LogP contribution in [0.25, 0.3) is 6.08 Å². The number of carbonyl (C=O) groups excluding carboxylic acids is 1. The van der Waals surface area contributed by atoms with Crippen molar-refractivity contribution < 1.29 is 19.7 Å². The molecule has 1 fully saturated rings. The van der Waals surface area contributed by atoms with E-state index >= 15 is 0 Å². The van der Waals surface area contributed by atoms with E-state index in [1.165, 1.54) is 0 Å². The average molecular weight is 348 g/mol. The fraction of sp³-hybridized carbons (Fsp3) is 0.526. The highest BCUT2D eigenvalue weighted by Gasteiger charge is 2.27. The molecule has 138 valence electrons. The van der Waals surface area contributed by atoms with Crippen molar-refractivity contribution in [3.8, 4) is 5.75 Å². The van der Waals surface area contributed by atoms with Crippen molar-refractivity contribution in [3.63, 3.8) is 0 Å². The second-order valence-corrected chi connectivity index (χ2v) is 6.14. The van der Waals surface area contributed by atoms with E-state index in [4.69, 9.17) is 4.74 Å². The molecule has 0 bridgehead atoms. The molecule has 1 heterocycles. The van der Waals surface area contributed by atoms with Crippen molar-refractivity contribution in [1.29, 1.82) is 0 Å². The Morgan fingerprint density at radius 2 is 1.88 bits per heavy atom. The molecule has 1 aliphatic heterocycles. The summed E-state index contributed by atoms with van der Waals surface area (Å²) in [5.41, 5.74) is 1.00. The van der Waals surface area contributed by atoms with Gasteiger partial charge in [0.2, 0.25) is 5.91 Å². The third-order valence-electron chi connectivity index (χ3n) is 4.44. The van der Waals surface area contributed by atoms with Crippen molar-refractivity contribution in [2.75, 3.05) is 39.4 Å². The molecule has 6 heteroatoms. The molecule has 2 rings (SSSR count). The summed E-state index contributed by atoms with van der Waals surface area (Å²) >= 11 is 0. The van der Waals surface area contributed by atoms with Gasteiger partial charge in [-0.2, -0.15) is 0 Å². The van der Waals surface area contributed by atoms with Crippen LogP contribution in [-0.4, -0.2) is 77.5 Å². The van der Waals surface area contributed by atoms with Crippen molar-refractivity contribution in [3.05, 3.63) is 35.9 Å². The number of hydrogen-bond acceptors (Lipinski definition) is 5. The van der Waals surface area contributed by atoms with E-state index in [2.05, 4.69) is 4.90 Å². The van der Waals surface area contributed by atoms with Crippen LogP contribution in [0.2, 0.25) is 0 Å². The van der Waals surface area contributed by atoms with Gasteiger partial charge in [-0.3, -0.25) is 9.69 Å². The van der Waals surface area contributed by atoms with Gasteiger partial charge in [-0.05, 0) is 24.6 Å². The highest BCUT2D eigenvalue weighted by Crippen LogP contribution is 2.16. The monoisotopic (exact) mass is 348 g/mol. The van der Waals surface area contributed by atoms with Crippen LogP contribution in [0.1, 0.15) is 19.4 Å². The molecule has 1 aliphatic rings. The smallest absolute Gasteiger partial charge is 0.219 e. The number of aliphatic hydroxyl groups excluding tert-OH is 2. The fourth-order valence-corrected chi connectivity index (χ4v) is 2.99. The lowest BCUT2D eigenvalue weighted by Crippen LogP contribution is -2.54. The average Bonchev–Trinajstić information content (AvgIpc) is 2.63. The molecule has 1 aromatic carbocycles. The Labute approximate surface area is 149 Å². The molecule has 0 saturated carbocycles. The topological polar surface area (TPSA) is 73.2 Å². The molecule has 1 aromatic rings. The molecule has 0 aliphatic carbocycles. The van der Waals surface area contributed by atoms with Crippen LogP contribution in [0.4, 0.5) is 0 Å². The van der Waals surface area contributed by atoms with Gasteiger partial charge in [0.05, 0.1) is 25.4 Å². The molecule has 0 aromatic heterocycles. The molecular formula is C19H28N2O4. The summed E-state index contributed by atoms with van der Waals surface area (Å²) < 4.78 is 5.43. The predicted octanol–water partition coefficient (Wildman–Crippen LogP) is 0.984. The lowest BCUT2D eigenvalue weighted by Gasteiger charge is -2.39. The summed E-state index contributed by atoms with van der Waals surface area (Å²) in [6.45, 7) is 6.48. The SMILES string of the molecule is CCOc1ccc(/C=C/C([C@H](O)CO)N2CCN(C(C)=O)CC2)cc1. The van der Waals surface area contributed by atoms with E-state index in [1.807, 2.05) is 43.3 Å². The zero-order valence-electron chi connectivity index (χ0n) is 15.0. The maximum atomic E-state index is 11.4. The summed E-state index contributed by atoms with van der Waals surface area (Å²) in [4.78, 5) is 15.3. The predicted molar refractivity (Wildman–Crippen MR) is 97.4 cm³/mol. The van der Waals surface area contributed by atoms with Gasteiger partial charge in [0.1, 0.15) is 5.75 Å². The van der Waals surface area contributed by atoms with Crippen molar-refractivity contribution in [2.24, 2.45) is 0 Å². The Balaban J connectivity index is 2.03. The molecule has 0 radical (unpaired) electrons. The van der Waals surface area contributed by atoms with Crippen LogP contribution >= 0.6 is 0 Å². The summed E-state index contributed by atoms with van der Waals surface area (Å²) in [5, 5.41) is 19.6. The number of nitrogens with zero attached hydrogens (tertiary/aromatic N) is 2. The number of benzene rings is 1. The number of piperazine rings is 1. The van der Waals surface area contributed by atoms with Crippen LogP contribution in [-0.2, 0) is 4.79 Å². The zero-order valence-corrected chi connectivity index (χ0v) is 15.0. The van der Waals surface area contributed by atoms with E-state index in [0.717, 1.165) is 11.3 Å². The third kappa shape index (κ3) is 5.56. The molecule has 1 amide bonds. The van der Waals surface area contributed by atoms with Gasteiger partial charge in [0.25, 0.3) is 0 Å². The first-order valence-electron chi connectivity index (χ1n) is 8.74. The summed E-state index contributed by atoms with van der Waals surface area (Å²) in [6, 6.07) is 7.44. The molecule has 25 heavy (non-hydrogen) atoms. The van der Waals surface area contributed by atoms with Gasteiger partial charge in [-0.25, -0.2) is 0 Å². The molecule has 6 nitrogen and oxygen atoms in total. The maximum Gasteiger partial charge on any atom is 0.219 e. The lowest BCUT2D eigenvalue weighted by molar-refractivity contribution is -0.131. The molecular weight excluding hydrogens is 320 g/mol. The van der Waals surface area contributed by atoms with Crippen LogP contribution in [0.5, 0.6) is 5.75 Å². The molecule has 2 N–H and O–H groups in total. The Morgan fingerprint density at radius 3 is 2.40 bits per heavy atom. The van der Waals surface area contributed by atoms with Gasteiger partial charge in [-0.15, -0.1) is 0 Å². The molecule has 1 unspecified atom stereocenters. The van der Waals surface area contributed by atoms with Crippen LogP contribution in [0.3, 0.4) is 0 Å². The van der Waals surface area contributed by atoms with Crippen LogP contribution in [0, 0.1) is 0 Å². The van der Waals surface area contributed by atoms with Crippen LogP contribution in [0.15, 0.2) is 30.3 Å². The summed E-state index contributed by atoms with van der Waals surface area (Å²) in [7, 11) is 0. The van der Waals surface area contributed by atoms with Gasteiger partial charge >= 0.3 is 0 Å². The Morgan fingerprint density at radius 1 is 1.24 bits per heavy atom. The normalized spacial score (nSPS) is 18.3. The first kappa shape index (κ1) is 19.4. The van der Waals surface area contributed by atoms with Gasteiger partial charge in [-0.1, -0.05) is 24.3 Å². The van der Waals surface area contributed by atoms with Gasteiger partial charge < -0.3 is 19.8 Å². The van der Waals surface area contributed by atoms with E-state index in [0.29, 0.717) is 32.8 Å². The Hall–Kier alpha value is -1.89. The summed E-state index contributed by atoms with van der Waals surface area (Å²) in [5.74, 6) is 0.899. The number of hydrogen-bond donors (Lipinski definition) is 2. The van der Waals surface area contributed by atoms with Crippen LogP contribution < -0.4 is 4.74 Å². The standard InChI is InChI=1S/C19H28N2O4/c1-3-25-17-7-4-16(5-8-17)6-9-18(19(24)14-22)21-12-10-20(11-13-21)15(2)23/h4-9,18-19,22,24H,3,10-14H2,1-2H3/b9-6+/t18?,19-/m1/s1. The summed E-state index contributed by atoms with van der Waals surface area (Å²) in [6.07, 6.45) is 3.00. The Bertz CT molecular complexity index is 565. The number of ether oxygens (including phenoxy) is 1. The minimum absolute atomic E-state index is 0.0730. The Kier molecular flexibility index (Phi) is 7.43. The second-order valence-electron chi connectivity index (χ2n) is 6.14. The molecule has 2 atom stereocenters. The second kappa shape index (κ2) is 9.56. The first-order valence-corrected chi connectivity index (χ1v) is 8.74. The minimum Gasteiger partial charge on any atom is -0.494 e. The molecule has 1 saturated heterocycles. The van der Waals surface area contributed by atoms with Crippen molar-refractivity contribution in [2.45, 2.75) is 26.0 Å². The fourth-order valence-electron chi connectivity index (χ4n) is 2.99. The minimum atomic E-state index is -0.858. The van der Waals surface area contributed by atoms with E-state index in [1.54, 1.807) is 11.8 Å². The van der Waals surface area contributed by atoms with E-state index in [9.17, 15) is 15.0 Å². The zero-order chi connectivity index (χ0) is 18.2. The van der Waals surface area contributed by atoms with Gasteiger partial charge in [0.15, 0.2) is 0 Å². The van der Waals surface area contributed by atoms with E-state index in [-0.39, 0.29) is 18.6 Å². The highest BCUT2D eigenvalue weighted by atomic mass is 16.5. The lowest BCUT2D eigenvalue weighted by atomic mass is 10.1. The highest BCUT2D eigenvalue weighted by molar-refractivity contribution is 5.73. The maximum absolute atomic E-state index is 11.4. The van der Waals surface area contributed by atoms with Crippen molar-refractivity contribution >= 4 is 12.0 Å². The number of aliphatic hydroxyl groups is 2. The number of amides is 1. The quantitative estimate of drug-likeness (QED) is 0.769. The number of rotatable bonds is 7. The first-order chi connectivity index (χ1) is 12.0. The van der Waals surface area contributed by atoms with Crippen molar-refractivity contribution in [1.82, 2.24) is 9.80 Å².